The Morgan fingerprint density at radius 2 is 1.80 bits per heavy atom. The second-order valence-corrected chi connectivity index (χ2v) is 6.29. The summed E-state index contributed by atoms with van der Waals surface area (Å²) >= 11 is 3.62. The highest BCUT2D eigenvalue weighted by molar-refractivity contribution is 9.09. The number of carbonyl (C=O) groups excluding carboxylic acids is 1. The molecule has 0 radical (unpaired) electrons. The highest BCUT2D eigenvalue weighted by Crippen LogP contribution is 2.28. The van der Waals surface area contributed by atoms with E-state index in [-0.39, 0.29) is 11.9 Å². The van der Waals surface area contributed by atoms with Crippen LogP contribution < -0.4 is 14.8 Å². The molecule has 2 rings (SSSR count). The van der Waals surface area contributed by atoms with E-state index < -0.39 is 0 Å². The Morgan fingerprint density at radius 3 is 2.40 bits per heavy atom. The number of ether oxygens (including phenoxy) is 2. The lowest BCUT2D eigenvalue weighted by Gasteiger charge is -2.26. The maximum atomic E-state index is 12.2. The molecule has 0 bridgehead atoms. The lowest BCUT2D eigenvalue weighted by atomic mass is 9.95. The van der Waals surface area contributed by atoms with Gasteiger partial charge in [0.25, 0.3) is 5.91 Å². The first-order chi connectivity index (χ1) is 9.63. The molecule has 0 atom stereocenters. The number of benzene rings is 1. The van der Waals surface area contributed by atoms with Crippen LogP contribution in [0.15, 0.2) is 18.2 Å². The number of methoxy groups -OCH3 is 2. The zero-order valence-electron chi connectivity index (χ0n) is 11.8. The van der Waals surface area contributed by atoms with Crippen LogP contribution in [0.5, 0.6) is 11.5 Å². The molecule has 1 aliphatic carbocycles. The SMILES string of the molecule is COc1ccc(C(=O)NC2CCC(Br)CC2)cc1OC. The first kappa shape index (κ1) is 15.2. The van der Waals surface area contributed by atoms with E-state index in [0.717, 1.165) is 25.7 Å². The van der Waals surface area contributed by atoms with Gasteiger partial charge in [-0.3, -0.25) is 4.79 Å². The van der Waals surface area contributed by atoms with Crippen molar-refractivity contribution >= 4 is 21.8 Å². The number of hydrogen-bond acceptors (Lipinski definition) is 3. The predicted molar refractivity (Wildman–Crippen MR) is 82.0 cm³/mol. The van der Waals surface area contributed by atoms with Crippen LogP contribution in [0.2, 0.25) is 0 Å². The quantitative estimate of drug-likeness (QED) is 0.856. The Balaban J connectivity index is 2.02. The number of carbonyl (C=O) groups is 1. The van der Waals surface area contributed by atoms with Gasteiger partial charge in [0.1, 0.15) is 0 Å². The minimum absolute atomic E-state index is 0.0519. The van der Waals surface area contributed by atoms with Gasteiger partial charge < -0.3 is 14.8 Å². The summed E-state index contributed by atoms with van der Waals surface area (Å²) in [6, 6.07) is 5.49. The summed E-state index contributed by atoms with van der Waals surface area (Å²) in [4.78, 5) is 12.8. The lowest BCUT2D eigenvalue weighted by molar-refractivity contribution is 0.0928. The number of nitrogens with one attached hydrogen (secondary N) is 1. The summed E-state index contributed by atoms with van der Waals surface area (Å²) in [7, 11) is 3.15. The summed E-state index contributed by atoms with van der Waals surface area (Å²) in [5.74, 6) is 1.15. The molecule has 1 aliphatic rings. The Hall–Kier alpha value is -1.23. The van der Waals surface area contributed by atoms with Gasteiger partial charge in [0.2, 0.25) is 0 Å². The van der Waals surface area contributed by atoms with E-state index in [1.54, 1.807) is 32.4 Å². The standard InChI is InChI=1S/C15H20BrNO3/c1-19-13-8-3-10(9-14(13)20-2)15(18)17-12-6-4-11(16)5-7-12/h3,8-9,11-12H,4-7H2,1-2H3,(H,17,18). The summed E-state index contributed by atoms with van der Waals surface area (Å²) < 4.78 is 10.4. The van der Waals surface area contributed by atoms with Gasteiger partial charge in [0.15, 0.2) is 11.5 Å². The maximum absolute atomic E-state index is 12.2. The van der Waals surface area contributed by atoms with Crippen molar-refractivity contribution in [2.45, 2.75) is 36.6 Å². The van der Waals surface area contributed by atoms with Crippen molar-refractivity contribution in [2.75, 3.05) is 14.2 Å². The van der Waals surface area contributed by atoms with Crippen LogP contribution in [-0.4, -0.2) is 31.0 Å². The van der Waals surface area contributed by atoms with Gasteiger partial charge >= 0.3 is 0 Å². The number of alkyl halides is 1. The van der Waals surface area contributed by atoms with Gasteiger partial charge in [-0.05, 0) is 43.9 Å². The predicted octanol–water partition coefficient (Wildman–Crippen LogP) is 3.14. The molecular weight excluding hydrogens is 322 g/mol. The zero-order chi connectivity index (χ0) is 14.5. The van der Waals surface area contributed by atoms with Crippen molar-refractivity contribution in [3.8, 4) is 11.5 Å². The summed E-state index contributed by atoms with van der Waals surface area (Å²) in [5, 5.41) is 3.09. The van der Waals surface area contributed by atoms with Crippen LogP contribution in [0.4, 0.5) is 0 Å². The fourth-order valence-electron chi connectivity index (χ4n) is 2.44. The van der Waals surface area contributed by atoms with E-state index in [9.17, 15) is 4.79 Å². The number of halogens is 1. The third-order valence-corrected chi connectivity index (χ3v) is 4.55. The normalized spacial score (nSPS) is 22.1. The fraction of sp³-hybridized carbons (Fsp3) is 0.533. The van der Waals surface area contributed by atoms with Crippen molar-refractivity contribution in [1.29, 1.82) is 0 Å². The molecule has 1 aromatic carbocycles. The largest absolute Gasteiger partial charge is 0.493 e. The number of hydrogen-bond donors (Lipinski definition) is 1. The Labute approximate surface area is 128 Å². The topological polar surface area (TPSA) is 47.6 Å². The van der Waals surface area contributed by atoms with Crippen LogP contribution in [0.3, 0.4) is 0 Å². The Kier molecular flexibility index (Phi) is 5.29. The summed E-state index contributed by atoms with van der Waals surface area (Å²) in [5.41, 5.74) is 0.601. The molecule has 1 aromatic rings. The van der Waals surface area contributed by atoms with Gasteiger partial charge in [-0.25, -0.2) is 0 Å². The highest BCUT2D eigenvalue weighted by Gasteiger charge is 2.21. The van der Waals surface area contributed by atoms with Gasteiger partial charge in [-0.15, -0.1) is 0 Å². The molecule has 1 saturated carbocycles. The number of amides is 1. The molecule has 20 heavy (non-hydrogen) atoms. The van der Waals surface area contributed by atoms with E-state index in [1.165, 1.54) is 0 Å². The molecule has 1 N–H and O–H groups in total. The lowest BCUT2D eigenvalue weighted by Crippen LogP contribution is -2.37. The fourth-order valence-corrected chi connectivity index (χ4v) is 2.97. The van der Waals surface area contributed by atoms with Crippen LogP contribution in [0.1, 0.15) is 36.0 Å². The molecule has 1 fully saturated rings. The second kappa shape index (κ2) is 6.97. The molecule has 4 nitrogen and oxygen atoms in total. The van der Waals surface area contributed by atoms with Crippen molar-refractivity contribution in [1.82, 2.24) is 5.32 Å². The number of rotatable bonds is 4. The smallest absolute Gasteiger partial charge is 0.251 e. The van der Waals surface area contributed by atoms with E-state index in [4.69, 9.17) is 9.47 Å². The van der Waals surface area contributed by atoms with E-state index >= 15 is 0 Å². The second-order valence-electron chi connectivity index (χ2n) is 4.99. The van der Waals surface area contributed by atoms with Crippen molar-refractivity contribution in [3.05, 3.63) is 23.8 Å². The molecule has 0 aromatic heterocycles. The van der Waals surface area contributed by atoms with Gasteiger partial charge in [-0.1, -0.05) is 15.9 Å². The van der Waals surface area contributed by atoms with Crippen LogP contribution in [-0.2, 0) is 0 Å². The molecule has 0 heterocycles. The van der Waals surface area contributed by atoms with Crippen LogP contribution >= 0.6 is 15.9 Å². The Morgan fingerprint density at radius 1 is 1.15 bits per heavy atom. The molecule has 0 unspecified atom stereocenters. The van der Waals surface area contributed by atoms with Gasteiger partial charge in [0, 0.05) is 16.4 Å². The van der Waals surface area contributed by atoms with E-state index in [0.29, 0.717) is 21.9 Å². The molecule has 110 valence electrons. The van der Waals surface area contributed by atoms with Crippen molar-refractivity contribution in [3.63, 3.8) is 0 Å². The van der Waals surface area contributed by atoms with E-state index in [1.807, 2.05) is 0 Å². The average Bonchev–Trinajstić information content (AvgIpc) is 2.48. The molecule has 0 spiro atoms. The Bertz CT molecular complexity index is 470. The molecule has 1 amide bonds. The third kappa shape index (κ3) is 3.66. The van der Waals surface area contributed by atoms with Gasteiger partial charge in [-0.2, -0.15) is 0 Å². The minimum Gasteiger partial charge on any atom is -0.493 e. The third-order valence-electron chi connectivity index (χ3n) is 3.64. The maximum Gasteiger partial charge on any atom is 0.251 e. The zero-order valence-corrected chi connectivity index (χ0v) is 13.4. The minimum atomic E-state index is -0.0519. The van der Waals surface area contributed by atoms with Crippen molar-refractivity contribution < 1.29 is 14.3 Å². The summed E-state index contributed by atoms with van der Waals surface area (Å²) in [6.45, 7) is 0. The monoisotopic (exact) mass is 341 g/mol. The van der Waals surface area contributed by atoms with Crippen LogP contribution in [0.25, 0.3) is 0 Å². The first-order valence-corrected chi connectivity index (χ1v) is 7.72. The molecule has 0 aliphatic heterocycles. The van der Waals surface area contributed by atoms with Crippen LogP contribution in [0, 0.1) is 0 Å². The molecule has 5 heteroatoms. The summed E-state index contributed by atoms with van der Waals surface area (Å²) in [6.07, 6.45) is 4.26. The van der Waals surface area contributed by atoms with E-state index in [2.05, 4.69) is 21.2 Å². The molecule has 0 saturated heterocycles. The first-order valence-electron chi connectivity index (χ1n) is 6.81. The average molecular weight is 342 g/mol. The molecular formula is C15H20BrNO3. The van der Waals surface area contributed by atoms with Gasteiger partial charge in [0.05, 0.1) is 14.2 Å². The van der Waals surface area contributed by atoms with Crippen molar-refractivity contribution in [2.24, 2.45) is 0 Å². The highest BCUT2D eigenvalue weighted by atomic mass is 79.9.